The highest BCUT2D eigenvalue weighted by molar-refractivity contribution is 7.89. The fourth-order valence-electron chi connectivity index (χ4n) is 1.80. The largest absolute Gasteiger partial charge is 0.481 e. The van der Waals surface area contributed by atoms with Crippen LogP contribution in [0.2, 0.25) is 0 Å². The van der Waals surface area contributed by atoms with Crippen LogP contribution >= 0.6 is 0 Å². The van der Waals surface area contributed by atoms with Crippen LogP contribution in [0.4, 0.5) is 0 Å². The van der Waals surface area contributed by atoms with Crippen molar-refractivity contribution in [3.05, 3.63) is 11.5 Å². The number of carbonyl (C=O) groups is 1. The van der Waals surface area contributed by atoms with Crippen molar-refractivity contribution in [3.8, 4) is 0 Å². The molecule has 2 N–H and O–H groups in total. The maximum absolute atomic E-state index is 12.1. The molecule has 1 rings (SSSR count). The van der Waals surface area contributed by atoms with Crippen LogP contribution in [0.5, 0.6) is 0 Å². The molecule has 0 saturated carbocycles. The molecule has 0 aliphatic heterocycles. The van der Waals surface area contributed by atoms with E-state index in [0.29, 0.717) is 12.8 Å². The molecule has 1 heterocycles. The topological polar surface area (TPSA) is 110 Å². The maximum atomic E-state index is 12.1. The molecule has 0 aromatic carbocycles. The maximum Gasteiger partial charge on any atom is 0.307 e. The summed E-state index contributed by atoms with van der Waals surface area (Å²) in [7, 11) is -3.79. The highest BCUT2D eigenvalue weighted by atomic mass is 32.2. The smallest absolute Gasteiger partial charge is 0.307 e. The van der Waals surface area contributed by atoms with Crippen LogP contribution in [0.1, 0.15) is 31.2 Å². The van der Waals surface area contributed by atoms with Gasteiger partial charge in [0.15, 0.2) is 5.76 Å². The highest BCUT2D eigenvalue weighted by Gasteiger charge is 2.26. The summed E-state index contributed by atoms with van der Waals surface area (Å²) in [5, 5.41) is 12.5. The molecule has 0 fully saturated rings. The number of carboxylic acids is 1. The summed E-state index contributed by atoms with van der Waals surface area (Å²) in [6, 6.07) is 0. The van der Waals surface area contributed by atoms with Crippen LogP contribution in [-0.2, 0) is 14.8 Å². The van der Waals surface area contributed by atoms with Crippen LogP contribution in [0.25, 0.3) is 0 Å². The van der Waals surface area contributed by atoms with E-state index in [9.17, 15) is 13.2 Å². The van der Waals surface area contributed by atoms with Crippen molar-refractivity contribution in [2.24, 2.45) is 5.92 Å². The van der Waals surface area contributed by atoms with Crippen LogP contribution in [-0.4, -0.2) is 31.2 Å². The monoisotopic (exact) mass is 290 g/mol. The first-order valence-corrected chi connectivity index (χ1v) is 7.43. The quantitative estimate of drug-likeness (QED) is 0.777. The Labute approximate surface area is 112 Å². The van der Waals surface area contributed by atoms with Gasteiger partial charge >= 0.3 is 5.97 Å². The number of nitrogens with zero attached hydrogens (tertiary/aromatic N) is 1. The average molecular weight is 290 g/mol. The van der Waals surface area contributed by atoms with Crippen molar-refractivity contribution >= 4 is 16.0 Å². The lowest BCUT2D eigenvalue weighted by Gasteiger charge is -2.12. The Bertz CT molecular complexity index is 530. The number of carboxylic acid groups (broad SMARTS) is 1. The molecule has 0 radical (unpaired) electrons. The van der Waals surface area contributed by atoms with Crippen LogP contribution < -0.4 is 4.72 Å². The molecular formula is C11H18N2O5S. The summed E-state index contributed by atoms with van der Waals surface area (Å²) in [5.41, 5.74) is 0.257. The zero-order valence-electron chi connectivity index (χ0n) is 11.1. The van der Waals surface area contributed by atoms with Gasteiger partial charge in [0.05, 0.1) is 5.92 Å². The minimum atomic E-state index is -3.79. The van der Waals surface area contributed by atoms with E-state index in [-0.39, 0.29) is 22.9 Å². The zero-order chi connectivity index (χ0) is 14.6. The van der Waals surface area contributed by atoms with Crippen molar-refractivity contribution in [1.29, 1.82) is 0 Å². The standard InChI is InChI=1S/C11H18N2O5S/c1-4-5-9(11(14)15)6-12-19(16,17)10-7(2)13-18-8(10)3/h9,12H,4-6H2,1-3H3,(H,14,15). The Morgan fingerprint density at radius 1 is 1.47 bits per heavy atom. The summed E-state index contributed by atoms with van der Waals surface area (Å²) < 4.78 is 31.2. The minimum absolute atomic E-state index is 0.0202. The molecule has 7 nitrogen and oxygen atoms in total. The van der Waals surface area contributed by atoms with Crippen molar-refractivity contribution in [3.63, 3.8) is 0 Å². The Hall–Kier alpha value is -1.41. The number of nitrogens with one attached hydrogen (secondary N) is 1. The van der Waals surface area contributed by atoms with Gasteiger partial charge < -0.3 is 9.63 Å². The van der Waals surface area contributed by atoms with E-state index < -0.39 is 21.9 Å². The van der Waals surface area contributed by atoms with E-state index in [4.69, 9.17) is 9.63 Å². The van der Waals surface area contributed by atoms with Gasteiger partial charge in [-0.3, -0.25) is 4.79 Å². The van der Waals surface area contributed by atoms with Gasteiger partial charge in [0, 0.05) is 6.54 Å². The Morgan fingerprint density at radius 3 is 2.53 bits per heavy atom. The predicted octanol–water partition coefficient (Wildman–Crippen LogP) is 1.07. The Morgan fingerprint density at radius 2 is 2.11 bits per heavy atom. The van der Waals surface area contributed by atoms with Gasteiger partial charge in [-0.2, -0.15) is 0 Å². The van der Waals surface area contributed by atoms with Gasteiger partial charge in [-0.1, -0.05) is 18.5 Å². The first kappa shape index (κ1) is 15.6. The summed E-state index contributed by atoms with van der Waals surface area (Å²) in [6.07, 6.45) is 1.09. The van der Waals surface area contributed by atoms with E-state index in [0.717, 1.165) is 0 Å². The summed E-state index contributed by atoms with van der Waals surface area (Å²) in [6.45, 7) is 4.72. The average Bonchev–Trinajstić information content (AvgIpc) is 2.64. The normalized spacial score (nSPS) is 13.4. The van der Waals surface area contributed by atoms with Gasteiger partial charge in [0.25, 0.3) is 0 Å². The molecule has 108 valence electrons. The number of hydrogen-bond acceptors (Lipinski definition) is 5. The lowest BCUT2D eigenvalue weighted by molar-refractivity contribution is -0.141. The second-order valence-electron chi connectivity index (χ2n) is 4.33. The van der Waals surface area contributed by atoms with Gasteiger partial charge in [-0.25, -0.2) is 13.1 Å². The van der Waals surface area contributed by atoms with Crippen molar-refractivity contribution in [2.45, 2.75) is 38.5 Å². The first-order chi connectivity index (χ1) is 8.79. The molecule has 0 spiro atoms. The van der Waals surface area contributed by atoms with E-state index in [1.165, 1.54) is 13.8 Å². The van der Waals surface area contributed by atoms with Crippen molar-refractivity contribution in [2.75, 3.05) is 6.54 Å². The fourth-order valence-corrected chi connectivity index (χ4v) is 3.21. The molecule has 0 amide bonds. The SMILES string of the molecule is CCCC(CNS(=O)(=O)c1c(C)noc1C)C(=O)O. The van der Waals surface area contributed by atoms with Crippen LogP contribution in [0.15, 0.2) is 9.42 Å². The molecule has 0 saturated heterocycles. The van der Waals surface area contributed by atoms with Gasteiger partial charge in [0.2, 0.25) is 10.0 Å². The van der Waals surface area contributed by atoms with Crippen LogP contribution in [0.3, 0.4) is 0 Å². The molecule has 1 aromatic heterocycles. The molecule has 1 atom stereocenters. The number of aromatic nitrogens is 1. The van der Waals surface area contributed by atoms with Crippen molar-refractivity contribution in [1.82, 2.24) is 9.88 Å². The van der Waals surface area contributed by atoms with E-state index >= 15 is 0 Å². The van der Waals surface area contributed by atoms with E-state index in [1.807, 2.05) is 6.92 Å². The zero-order valence-corrected chi connectivity index (χ0v) is 12.0. The van der Waals surface area contributed by atoms with Gasteiger partial charge in [0.1, 0.15) is 10.6 Å². The van der Waals surface area contributed by atoms with Gasteiger partial charge in [-0.05, 0) is 20.3 Å². The fraction of sp³-hybridized carbons (Fsp3) is 0.636. The number of aryl methyl sites for hydroxylation is 2. The number of rotatable bonds is 7. The summed E-state index contributed by atoms with van der Waals surface area (Å²) in [4.78, 5) is 10.9. The van der Waals surface area contributed by atoms with Crippen molar-refractivity contribution < 1.29 is 22.8 Å². The molecule has 0 aliphatic carbocycles. The third-order valence-electron chi connectivity index (χ3n) is 2.74. The summed E-state index contributed by atoms with van der Waals surface area (Å²) >= 11 is 0. The first-order valence-electron chi connectivity index (χ1n) is 5.95. The molecular weight excluding hydrogens is 272 g/mol. The molecule has 8 heteroatoms. The number of aliphatic carboxylic acids is 1. The highest BCUT2D eigenvalue weighted by Crippen LogP contribution is 2.19. The summed E-state index contributed by atoms with van der Waals surface area (Å²) in [5.74, 6) is -1.56. The second kappa shape index (κ2) is 6.16. The Balaban J connectivity index is 2.84. The molecule has 1 unspecified atom stereocenters. The number of sulfonamides is 1. The van der Waals surface area contributed by atoms with E-state index in [2.05, 4.69) is 9.88 Å². The second-order valence-corrected chi connectivity index (χ2v) is 6.03. The van der Waals surface area contributed by atoms with Gasteiger partial charge in [-0.15, -0.1) is 0 Å². The third kappa shape index (κ3) is 3.77. The molecule has 0 bridgehead atoms. The third-order valence-corrected chi connectivity index (χ3v) is 4.41. The predicted molar refractivity (Wildman–Crippen MR) is 67.2 cm³/mol. The van der Waals surface area contributed by atoms with E-state index in [1.54, 1.807) is 0 Å². The molecule has 19 heavy (non-hydrogen) atoms. The Kier molecular flexibility index (Phi) is 5.07. The van der Waals surface area contributed by atoms with Crippen LogP contribution in [0, 0.1) is 19.8 Å². The molecule has 1 aromatic rings. The lowest BCUT2D eigenvalue weighted by atomic mass is 10.1. The molecule has 0 aliphatic rings. The number of hydrogen-bond donors (Lipinski definition) is 2. The minimum Gasteiger partial charge on any atom is -0.481 e. The lowest BCUT2D eigenvalue weighted by Crippen LogP contribution is -2.33.